The quantitative estimate of drug-likeness (QED) is 0.560. The third kappa shape index (κ3) is 1.35. The van der Waals surface area contributed by atoms with Gasteiger partial charge in [-0.25, -0.2) is 0 Å². The molecule has 65 valence electrons. The first kappa shape index (κ1) is 8.06. The third-order valence-electron chi connectivity index (χ3n) is 2.19. The Morgan fingerprint density at radius 1 is 1.54 bits per heavy atom. The maximum Gasteiger partial charge on any atom is 0.307 e. The van der Waals surface area contributed by atoms with Crippen LogP contribution in [-0.2, 0) is 9.53 Å². The number of cyclic esters (lactones) is 1. The molecule has 0 saturated carbocycles. The number of hydrogen-bond acceptors (Lipinski definition) is 3. The minimum atomic E-state index is -0.354. The van der Waals surface area contributed by atoms with E-state index >= 15 is 0 Å². The van der Waals surface area contributed by atoms with E-state index in [4.69, 9.17) is 10.00 Å². The SMILES string of the molecule is N#C[C@@H]1CC(=O)O[C@H]1C1=CC=C[CH]1. The van der Waals surface area contributed by atoms with Gasteiger partial charge in [0.2, 0.25) is 0 Å². The Morgan fingerprint density at radius 3 is 3.00 bits per heavy atom. The molecule has 0 N–H and O–H groups in total. The van der Waals surface area contributed by atoms with E-state index in [-0.39, 0.29) is 24.4 Å². The van der Waals surface area contributed by atoms with Gasteiger partial charge in [0.15, 0.2) is 0 Å². The molecule has 3 heteroatoms. The fraction of sp³-hybridized carbons (Fsp3) is 0.300. The lowest BCUT2D eigenvalue weighted by Gasteiger charge is -2.12. The molecule has 0 bridgehead atoms. The number of nitriles is 1. The van der Waals surface area contributed by atoms with Crippen molar-refractivity contribution < 1.29 is 9.53 Å². The maximum atomic E-state index is 10.9. The van der Waals surface area contributed by atoms with E-state index in [9.17, 15) is 4.79 Å². The van der Waals surface area contributed by atoms with Gasteiger partial charge in [-0.3, -0.25) is 4.79 Å². The van der Waals surface area contributed by atoms with E-state index < -0.39 is 0 Å². The Balaban J connectivity index is 2.15. The first-order valence-corrected chi connectivity index (χ1v) is 4.12. The third-order valence-corrected chi connectivity index (χ3v) is 2.19. The molecule has 1 aliphatic heterocycles. The van der Waals surface area contributed by atoms with Crippen molar-refractivity contribution in [3.05, 3.63) is 30.2 Å². The highest BCUT2D eigenvalue weighted by Crippen LogP contribution is 2.30. The fourth-order valence-electron chi connectivity index (χ4n) is 1.55. The van der Waals surface area contributed by atoms with E-state index in [2.05, 4.69) is 6.07 Å². The molecular weight excluding hydrogens is 166 g/mol. The van der Waals surface area contributed by atoms with Gasteiger partial charge in [0.25, 0.3) is 0 Å². The van der Waals surface area contributed by atoms with Gasteiger partial charge >= 0.3 is 5.97 Å². The topological polar surface area (TPSA) is 50.1 Å². The van der Waals surface area contributed by atoms with Gasteiger partial charge < -0.3 is 4.74 Å². The molecule has 1 saturated heterocycles. The summed E-state index contributed by atoms with van der Waals surface area (Å²) in [7, 11) is 0. The van der Waals surface area contributed by atoms with Crippen molar-refractivity contribution >= 4 is 5.97 Å². The molecule has 2 aliphatic rings. The molecular formula is C10H8NO2. The smallest absolute Gasteiger partial charge is 0.307 e. The first-order valence-electron chi connectivity index (χ1n) is 4.12. The van der Waals surface area contributed by atoms with Crippen molar-refractivity contribution in [2.24, 2.45) is 5.92 Å². The molecule has 1 radical (unpaired) electrons. The van der Waals surface area contributed by atoms with Crippen LogP contribution in [0.4, 0.5) is 0 Å². The van der Waals surface area contributed by atoms with Crippen molar-refractivity contribution in [2.75, 3.05) is 0 Å². The molecule has 1 heterocycles. The minimum Gasteiger partial charge on any atom is -0.456 e. The molecule has 0 aromatic rings. The van der Waals surface area contributed by atoms with Crippen LogP contribution in [-0.4, -0.2) is 12.1 Å². The van der Waals surface area contributed by atoms with Gasteiger partial charge in [0.05, 0.1) is 18.4 Å². The van der Waals surface area contributed by atoms with Crippen LogP contribution < -0.4 is 0 Å². The van der Waals surface area contributed by atoms with Crippen LogP contribution in [0.3, 0.4) is 0 Å². The standard InChI is InChI=1S/C10H8NO2/c11-6-8-5-9(12)13-10(8)7-3-1-2-4-7/h1-4,8,10H,5H2/t8-,10-/m0/s1. The zero-order valence-electron chi connectivity index (χ0n) is 6.93. The van der Waals surface area contributed by atoms with Crippen LogP contribution in [0.5, 0.6) is 0 Å². The molecule has 3 nitrogen and oxygen atoms in total. The highest BCUT2D eigenvalue weighted by atomic mass is 16.5. The van der Waals surface area contributed by atoms with Crippen LogP contribution in [0, 0.1) is 23.7 Å². The summed E-state index contributed by atoms with van der Waals surface area (Å²) >= 11 is 0. The minimum absolute atomic E-state index is 0.215. The number of ether oxygens (including phenoxy) is 1. The highest BCUT2D eigenvalue weighted by Gasteiger charge is 2.37. The Kier molecular flexibility index (Phi) is 1.90. The van der Waals surface area contributed by atoms with Crippen LogP contribution in [0.1, 0.15) is 6.42 Å². The van der Waals surface area contributed by atoms with E-state index in [0.717, 1.165) is 5.57 Å². The summed E-state index contributed by atoms with van der Waals surface area (Å²) in [5.41, 5.74) is 0.914. The summed E-state index contributed by atoms with van der Waals surface area (Å²) in [6, 6.07) is 2.09. The van der Waals surface area contributed by atoms with E-state index in [0.29, 0.717) is 0 Å². The average molecular weight is 174 g/mol. The number of allylic oxidation sites excluding steroid dienone is 3. The molecule has 0 aromatic heterocycles. The lowest BCUT2D eigenvalue weighted by molar-refractivity contribution is -0.140. The summed E-state index contributed by atoms with van der Waals surface area (Å²) in [4.78, 5) is 10.9. The molecule has 0 unspecified atom stereocenters. The maximum absolute atomic E-state index is 10.9. The van der Waals surface area contributed by atoms with Gasteiger partial charge in [-0.15, -0.1) is 0 Å². The highest BCUT2D eigenvalue weighted by molar-refractivity contribution is 5.73. The lowest BCUT2D eigenvalue weighted by atomic mass is 9.96. The second-order valence-electron chi connectivity index (χ2n) is 3.07. The van der Waals surface area contributed by atoms with Crippen molar-refractivity contribution in [1.29, 1.82) is 5.26 Å². The van der Waals surface area contributed by atoms with Gasteiger partial charge in [0.1, 0.15) is 6.10 Å². The molecule has 0 spiro atoms. The molecule has 0 aromatic carbocycles. The van der Waals surface area contributed by atoms with Crippen molar-refractivity contribution in [1.82, 2.24) is 0 Å². The van der Waals surface area contributed by atoms with Crippen molar-refractivity contribution in [3.63, 3.8) is 0 Å². The van der Waals surface area contributed by atoms with Crippen LogP contribution in [0.15, 0.2) is 23.8 Å². The number of hydrogen-bond donors (Lipinski definition) is 0. The average Bonchev–Trinajstić information content (AvgIpc) is 2.71. The monoisotopic (exact) mass is 174 g/mol. The molecule has 2 rings (SSSR count). The fourth-order valence-corrected chi connectivity index (χ4v) is 1.55. The molecule has 0 amide bonds. The summed E-state index contributed by atoms with van der Waals surface area (Å²) in [5.74, 6) is -0.604. The second-order valence-corrected chi connectivity index (χ2v) is 3.07. The second kappa shape index (κ2) is 3.06. The van der Waals surface area contributed by atoms with E-state index in [1.54, 1.807) is 0 Å². The number of esters is 1. The Hall–Kier alpha value is -1.56. The van der Waals surface area contributed by atoms with Crippen LogP contribution >= 0.6 is 0 Å². The summed E-state index contributed by atoms with van der Waals surface area (Å²) in [6.45, 7) is 0. The number of carbonyl (C=O) groups is 1. The first-order chi connectivity index (χ1) is 6.31. The zero-order valence-corrected chi connectivity index (χ0v) is 6.93. The number of rotatable bonds is 1. The predicted octanol–water partition coefficient (Wildman–Crippen LogP) is 1.14. The van der Waals surface area contributed by atoms with E-state index in [1.165, 1.54) is 0 Å². The van der Waals surface area contributed by atoms with Gasteiger partial charge in [0, 0.05) is 6.42 Å². The van der Waals surface area contributed by atoms with Crippen molar-refractivity contribution in [3.8, 4) is 6.07 Å². The van der Waals surface area contributed by atoms with Gasteiger partial charge in [-0.2, -0.15) is 5.26 Å². The lowest BCUT2D eigenvalue weighted by Crippen LogP contribution is -2.16. The Bertz CT molecular complexity index is 335. The Labute approximate surface area is 76.3 Å². The predicted molar refractivity (Wildman–Crippen MR) is 45.1 cm³/mol. The molecule has 2 atom stereocenters. The van der Waals surface area contributed by atoms with Crippen molar-refractivity contribution in [2.45, 2.75) is 12.5 Å². The van der Waals surface area contributed by atoms with Crippen LogP contribution in [0.2, 0.25) is 0 Å². The Morgan fingerprint density at radius 2 is 2.38 bits per heavy atom. The number of carbonyl (C=O) groups excluding carboxylic acids is 1. The summed E-state index contributed by atoms with van der Waals surface area (Å²) < 4.78 is 5.05. The van der Waals surface area contributed by atoms with Gasteiger partial charge in [-0.05, 0) is 5.57 Å². The summed E-state index contributed by atoms with van der Waals surface area (Å²) in [5, 5.41) is 8.77. The molecule has 1 fully saturated rings. The molecule has 1 aliphatic carbocycles. The van der Waals surface area contributed by atoms with E-state index in [1.807, 2.05) is 24.6 Å². The molecule has 13 heavy (non-hydrogen) atoms. The normalized spacial score (nSPS) is 31.3. The zero-order chi connectivity index (χ0) is 9.26. The largest absolute Gasteiger partial charge is 0.456 e. The van der Waals surface area contributed by atoms with Gasteiger partial charge in [-0.1, -0.05) is 18.2 Å². The number of nitrogens with zero attached hydrogens (tertiary/aromatic N) is 1. The van der Waals surface area contributed by atoms with Crippen LogP contribution in [0.25, 0.3) is 0 Å². The summed E-state index contributed by atoms with van der Waals surface area (Å²) in [6.07, 6.45) is 7.34.